The van der Waals surface area contributed by atoms with Gasteiger partial charge in [-0.1, -0.05) is 29.8 Å². The first kappa shape index (κ1) is 16.5. The van der Waals surface area contributed by atoms with Gasteiger partial charge >= 0.3 is 0 Å². The fraction of sp³-hybridized carbons (Fsp3) is 0.588. The molecule has 2 rings (SSSR count). The maximum absolute atomic E-state index is 12.2. The van der Waals surface area contributed by atoms with Crippen molar-refractivity contribution in [1.29, 1.82) is 0 Å². The summed E-state index contributed by atoms with van der Waals surface area (Å²) in [4.78, 5) is 12.2. The lowest BCUT2D eigenvalue weighted by Gasteiger charge is -2.40. The van der Waals surface area contributed by atoms with Crippen molar-refractivity contribution in [3.63, 3.8) is 0 Å². The number of halogens is 1. The van der Waals surface area contributed by atoms with Gasteiger partial charge in [-0.15, -0.1) is 0 Å². The fourth-order valence-corrected chi connectivity index (χ4v) is 2.95. The van der Waals surface area contributed by atoms with Gasteiger partial charge in [-0.3, -0.25) is 4.79 Å². The lowest BCUT2D eigenvalue weighted by molar-refractivity contribution is -0.0233. The predicted octanol–water partition coefficient (Wildman–Crippen LogP) is 3.82. The summed E-state index contributed by atoms with van der Waals surface area (Å²) in [5.74, 6) is -0.121. The molecule has 0 aliphatic heterocycles. The maximum atomic E-state index is 12.2. The molecule has 0 bridgehead atoms. The zero-order chi connectivity index (χ0) is 15.7. The summed E-state index contributed by atoms with van der Waals surface area (Å²) in [7, 11) is 0. The van der Waals surface area contributed by atoms with E-state index in [0.29, 0.717) is 17.5 Å². The minimum Gasteiger partial charge on any atom is -0.388 e. The Labute approximate surface area is 135 Å². The van der Waals surface area contributed by atoms with E-state index in [1.807, 2.05) is 19.1 Å². The maximum Gasteiger partial charge on any atom is 0.251 e. The molecule has 1 amide bonds. The van der Waals surface area contributed by atoms with Crippen molar-refractivity contribution in [2.45, 2.75) is 52.1 Å². The SMILES string of the molecule is Cc1cc(C(=O)NCC2(O)CCC(C)(C)CC2)ccc1Br. The summed E-state index contributed by atoms with van der Waals surface area (Å²) in [6.45, 7) is 6.75. The molecule has 0 heterocycles. The number of carbonyl (C=O) groups is 1. The largest absolute Gasteiger partial charge is 0.388 e. The molecule has 4 heteroatoms. The molecule has 0 unspecified atom stereocenters. The van der Waals surface area contributed by atoms with E-state index in [9.17, 15) is 9.90 Å². The van der Waals surface area contributed by atoms with E-state index in [1.54, 1.807) is 6.07 Å². The van der Waals surface area contributed by atoms with E-state index < -0.39 is 5.60 Å². The second-order valence-electron chi connectivity index (χ2n) is 7.04. The molecule has 0 radical (unpaired) electrons. The van der Waals surface area contributed by atoms with Crippen LogP contribution in [0.4, 0.5) is 0 Å². The van der Waals surface area contributed by atoms with Gasteiger partial charge in [0.25, 0.3) is 5.91 Å². The van der Waals surface area contributed by atoms with Gasteiger partial charge in [0, 0.05) is 16.6 Å². The summed E-state index contributed by atoms with van der Waals surface area (Å²) >= 11 is 3.43. The molecule has 0 aromatic heterocycles. The Morgan fingerprint density at radius 3 is 2.48 bits per heavy atom. The highest BCUT2D eigenvalue weighted by Crippen LogP contribution is 2.39. The zero-order valence-corrected chi connectivity index (χ0v) is 14.6. The summed E-state index contributed by atoms with van der Waals surface area (Å²) in [6, 6.07) is 5.52. The van der Waals surface area contributed by atoms with Gasteiger partial charge in [-0.2, -0.15) is 0 Å². The summed E-state index contributed by atoms with van der Waals surface area (Å²) < 4.78 is 0.993. The second-order valence-corrected chi connectivity index (χ2v) is 7.89. The lowest BCUT2D eigenvalue weighted by atomic mass is 9.71. The van der Waals surface area contributed by atoms with E-state index in [0.717, 1.165) is 35.7 Å². The van der Waals surface area contributed by atoms with Gasteiger partial charge in [0.1, 0.15) is 0 Å². The molecule has 2 N–H and O–H groups in total. The predicted molar refractivity (Wildman–Crippen MR) is 88.4 cm³/mol. The van der Waals surface area contributed by atoms with Crippen molar-refractivity contribution < 1.29 is 9.90 Å². The molecule has 1 aromatic rings. The Bertz CT molecular complexity index is 530. The summed E-state index contributed by atoms with van der Waals surface area (Å²) in [6.07, 6.45) is 3.49. The average molecular weight is 354 g/mol. The molecule has 1 fully saturated rings. The molecule has 1 aliphatic carbocycles. The van der Waals surface area contributed by atoms with Gasteiger partial charge in [0.05, 0.1) is 5.60 Å². The van der Waals surface area contributed by atoms with Crippen LogP contribution < -0.4 is 5.32 Å². The molecule has 0 saturated heterocycles. The monoisotopic (exact) mass is 353 g/mol. The summed E-state index contributed by atoms with van der Waals surface area (Å²) in [5, 5.41) is 13.5. The Morgan fingerprint density at radius 2 is 1.90 bits per heavy atom. The number of aliphatic hydroxyl groups is 1. The topological polar surface area (TPSA) is 49.3 Å². The van der Waals surface area contributed by atoms with Crippen LogP contribution in [0.1, 0.15) is 55.5 Å². The molecule has 3 nitrogen and oxygen atoms in total. The van der Waals surface area contributed by atoms with Crippen LogP contribution in [0.2, 0.25) is 0 Å². The van der Waals surface area contributed by atoms with Crippen molar-refractivity contribution in [3.05, 3.63) is 33.8 Å². The highest BCUT2D eigenvalue weighted by atomic mass is 79.9. The first-order valence-electron chi connectivity index (χ1n) is 7.48. The van der Waals surface area contributed by atoms with Crippen LogP contribution in [0.3, 0.4) is 0 Å². The molecule has 0 atom stereocenters. The molecule has 21 heavy (non-hydrogen) atoms. The van der Waals surface area contributed by atoms with E-state index in [4.69, 9.17) is 0 Å². The van der Waals surface area contributed by atoms with E-state index >= 15 is 0 Å². The lowest BCUT2D eigenvalue weighted by Crippen LogP contribution is -2.46. The summed E-state index contributed by atoms with van der Waals surface area (Å²) in [5.41, 5.74) is 1.21. The van der Waals surface area contributed by atoms with Gasteiger partial charge in [0.2, 0.25) is 0 Å². The molecular formula is C17H24BrNO2. The second kappa shape index (κ2) is 6.09. The van der Waals surface area contributed by atoms with Crippen molar-refractivity contribution in [2.24, 2.45) is 5.41 Å². The van der Waals surface area contributed by atoms with Crippen LogP contribution in [-0.2, 0) is 0 Å². The van der Waals surface area contributed by atoms with Gasteiger partial charge in [-0.05, 0) is 61.8 Å². The zero-order valence-electron chi connectivity index (χ0n) is 13.0. The van der Waals surface area contributed by atoms with Gasteiger partial charge < -0.3 is 10.4 Å². The van der Waals surface area contributed by atoms with Crippen molar-refractivity contribution in [3.8, 4) is 0 Å². The highest BCUT2D eigenvalue weighted by Gasteiger charge is 2.36. The minimum absolute atomic E-state index is 0.121. The van der Waals surface area contributed by atoms with Crippen molar-refractivity contribution >= 4 is 21.8 Å². The Morgan fingerprint density at radius 1 is 1.29 bits per heavy atom. The van der Waals surface area contributed by atoms with Crippen molar-refractivity contribution in [2.75, 3.05) is 6.54 Å². The van der Waals surface area contributed by atoms with Crippen LogP contribution in [0.25, 0.3) is 0 Å². The Balaban J connectivity index is 1.93. The van der Waals surface area contributed by atoms with Gasteiger partial charge in [0.15, 0.2) is 0 Å². The molecule has 0 spiro atoms. The van der Waals surface area contributed by atoms with Crippen LogP contribution >= 0.6 is 15.9 Å². The normalized spacial score (nSPS) is 20.0. The number of carbonyl (C=O) groups excluding carboxylic acids is 1. The smallest absolute Gasteiger partial charge is 0.251 e. The first-order chi connectivity index (χ1) is 9.71. The van der Waals surface area contributed by atoms with Crippen LogP contribution in [0.15, 0.2) is 22.7 Å². The number of rotatable bonds is 3. The Kier molecular flexibility index (Phi) is 4.79. The molecule has 1 saturated carbocycles. The van der Waals surface area contributed by atoms with Gasteiger partial charge in [-0.25, -0.2) is 0 Å². The van der Waals surface area contributed by atoms with Crippen LogP contribution in [-0.4, -0.2) is 23.2 Å². The van der Waals surface area contributed by atoms with Crippen LogP contribution in [0.5, 0.6) is 0 Å². The third kappa shape index (κ3) is 4.30. The quantitative estimate of drug-likeness (QED) is 0.867. The highest BCUT2D eigenvalue weighted by molar-refractivity contribution is 9.10. The standard InChI is InChI=1S/C17H24BrNO2/c1-12-10-13(4-5-14(12)18)15(20)19-11-17(21)8-6-16(2,3)7-9-17/h4-5,10,21H,6-9,11H2,1-3H3,(H,19,20). The number of hydrogen-bond acceptors (Lipinski definition) is 2. The molecule has 1 aliphatic rings. The third-order valence-corrected chi connectivity index (χ3v) is 5.42. The van der Waals surface area contributed by atoms with E-state index in [1.165, 1.54) is 0 Å². The minimum atomic E-state index is -0.754. The number of amides is 1. The van der Waals surface area contributed by atoms with E-state index in [-0.39, 0.29) is 5.91 Å². The number of nitrogens with one attached hydrogen (secondary N) is 1. The van der Waals surface area contributed by atoms with E-state index in [2.05, 4.69) is 35.1 Å². The molecular weight excluding hydrogens is 330 g/mol. The van der Waals surface area contributed by atoms with Crippen molar-refractivity contribution in [1.82, 2.24) is 5.32 Å². The number of aryl methyl sites for hydroxylation is 1. The number of benzene rings is 1. The fourth-order valence-electron chi connectivity index (χ4n) is 2.70. The molecule has 1 aromatic carbocycles. The third-order valence-electron chi connectivity index (χ3n) is 4.53. The average Bonchev–Trinajstić information content (AvgIpc) is 2.43. The Hall–Kier alpha value is -0.870. The first-order valence-corrected chi connectivity index (χ1v) is 8.27. The van der Waals surface area contributed by atoms with Crippen LogP contribution in [0, 0.1) is 12.3 Å². The number of hydrogen-bond donors (Lipinski definition) is 2. The molecule has 116 valence electrons.